The second-order valence-corrected chi connectivity index (χ2v) is 10.4. The molecule has 3 aromatic rings. The van der Waals surface area contributed by atoms with E-state index in [-0.39, 0.29) is 11.4 Å². The van der Waals surface area contributed by atoms with E-state index in [0.717, 1.165) is 9.20 Å². The molecule has 0 saturated heterocycles. The van der Waals surface area contributed by atoms with Crippen LogP contribution in [0.5, 0.6) is 0 Å². The van der Waals surface area contributed by atoms with Gasteiger partial charge in [0.1, 0.15) is 6.54 Å². The lowest BCUT2D eigenvalue weighted by atomic mass is 10.3. The average Bonchev–Trinajstić information content (AvgIpc) is 2.76. The number of amides is 1. The minimum Gasteiger partial charge on any atom is -0.354 e. The van der Waals surface area contributed by atoms with Crippen LogP contribution in [0.2, 0.25) is 10.0 Å². The fourth-order valence-corrected chi connectivity index (χ4v) is 5.26. The number of anilines is 1. The number of carbonyl (C=O) groups is 1. The maximum atomic E-state index is 13.3. The van der Waals surface area contributed by atoms with E-state index in [1.165, 1.54) is 30.3 Å². The summed E-state index contributed by atoms with van der Waals surface area (Å²) in [7, 11) is -4.01. The average molecular weight is 495 g/mol. The van der Waals surface area contributed by atoms with Gasteiger partial charge in [-0.25, -0.2) is 8.42 Å². The molecule has 162 valence electrons. The topological polar surface area (TPSA) is 66.5 Å². The molecule has 0 spiro atoms. The molecule has 0 aliphatic carbocycles. The Hall–Kier alpha value is -2.19. The smallest absolute Gasteiger partial charge is 0.264 e. The van der Waals surface area contributed by atoms with Gasteiger partial charge >= 0.3 is 0 Å². The van der Waals surface area contributed by atoms with Gasteiger partial charge in [0.05, 0.1) is 10.6 Å². The first-order valence-corrected chi connectivity index (χ1v) is 12.5. The highest BCUT2D eigenvalue weighted by atomic mass is 35.5. The number of rotatable bonds is 9. The van der Waals surface area contributed by atoms with E-state index in [1.807, 2.05) is 30.3 Å². The SMILES string of the molecule is O=C(CN(c1cccc(Cl)c1)S(=O)(=O)c1ccc(Cl)cc1)NCCSc1ccccc1. The highest BCUT2D eigenvalue weighted by molar-refractivity contribution is 7.99. The van der Waals surface area contributed by atoms with Gasteiger partial charge in [0, 0.05) is 27.2 Å². The summed E-state index contributed by atoms with van der Waals surface area (Å²) in [5.74, 6) is 0.253. The van der Waals surface area contributed by atoms with Gasteiger partial charge in [-0.05, 0) is 54.6 Å². The highest BCUT2D eigenvalue weighted by Gasteiger charge is 2.27. The van der Waals surface area contributed by atoms with Crippen molar-refractivity contribution in [2.24, 2.45) is 0 Å². The quantitative estimate of drug-likeness (QED) is 0.332. The standard InChI is InChI=1S/C22H20Cl2N2O3S2/c23-17-9-11-21(12-10-17)31(28,29)26(19-6-4-5-18(24)15-19)16-22(27)25-13-14-30-20-7-2-1-3-8-20/h1-12,15H,13-14,16H2,(H,25,27). The van der Waals surface area contributed by atoms with Crippen LogP contribution in [0, 0.1) is 0 Å². The van der Waals surface area contributed by atoms with Crippen molar-refractivity contribution in [2.75, 3.05) is 23.1 Å². The monoisotopic (exact) mass is 494 g/mol. The Kier molecular flexibility index (Phi) is 8.26. The Labute approximate surface area is 196 Å². The number of thioether (sulfide) groups is 1. The second-order valence-electron chi connectivity index (χ2n) is 6.46. The van der Waals surface area contributed by atoms with E-state index < -0.39 is 15.9 Å². The normalized spacial score (nSPS) is 11.2. The Balaban J connectivity index is 1.72. The maximum absolute atomic E-state index is 13.3. The fourth-order valence-electron chi connectivity index (χ4n) is 2.74. The maximum Gasteiger partial charge on any atom is 0.264 e. The molecule has 9 heteroatoms. The fraction of sp³-hybridized carbons (Fsp3) is 0.136. The first-order valence-electron chi connectivity index (χ1n) is 9.35. The van der Waals surface area contributed by atoms with Crippen molar-refractivity contribution in [1.29, 1.82) is 0 Å². The van der Waals surface area contributed by atoms with Gasteiger partial charge in [0.25, 0.3) is 10.0 Å². The van der Waals surface area contributed by atoms with Crippen LogP contribution in [0.1, 0.15) is 0 Å². The van der Waals surface area contributed by atoms with Gasteiger partial charge in [-0.15, -0.1) is 11.8 Å². The minimum absolute atomic E-state index is 0.0318. The van der Waals surface area contributed by atoms with Gasteiger partial charge in [-0.2, -0.15) is 0 Å². The molecule has 0 bridgehead atoms. The molecule has 0 unspecified atom stereocenters. The molecule has 1 amide bonds. The third-order valence-electron chi connectivity index (χ3n) is 4.22. The van der Waals surface area contributed by atoms with Crippen LogP contribution < -0.4 is 9.62 Å². The second kappa shape index (κ2) is 10.9. The molecule has 0 fully saturated rings. The van der Waals surface area contributed by atoms with Crippen molar-refractivity contribution in [1.82, 2.24) is 5.32 Å². The summed E-state index contributed by atoms with van der Waals surface area (Å²) in [6, 6.07) is 22.0. The van der Waals surface area contributed by atoms with Crippen LogP contribution >= 0.6 is 35.0 Å². The molecule has 0 heterocycles. The Morgan fingerprint density at radius 1 is 0.903 bits per heavy atom. The highest BCUT2D eigenvalue weighted by Crippen LogP contribution is 2.26. The summed E-state index contributed by atoms with van der Waals surface area (Å²) < 4.78 is 27.6. The van der Waals surface area contributed by atoms with Gasteiger partial charge in [-0.3, -0.25) is 9.10 Å². The van der Waals surface area contributed by atoms with E-state index in [0.29, 0.717) is 28.0 Å². The Bertz CT molecular complexity index is 1130. The molecule has 31 heavy (non-hydrogen) atoms. The van der Waals surface area contributed by atoms with Crippen molar-refractivity contribution in [2.45, 2.75) is 9.79 Å². The summed E-state index contributed by atoms with van der Waals surface area (Å²) in [6.45, 7) is 0.0318. The van der Waals surface area contributed by atoms with Crippen molar-refractivity contribution in [3.8, 4) is 0 Å². The first kappa shape index (κ1) is 23.5. The van der Waals surface area contributed by atoms with Crippen LogP contribution in [0.15, 0.2) is 88.7 Å². The Morgan fingerprint density at radius 3 is 2.29 bits per heavy atom. The molecule has 0 aliphatic heterocycles. The number of nitrogens with one attached hydrogen (secondary N) is 1. The zero-order valence-electron chi connectivity index (χ0n) is 16.4. The van der Waals surface area contributed by atoms with E-state index in [9.17, 15) is 13.2 Å². The molecule has 0 atom stereocenters. The van der Waals surface area contributed by atoms with Crippen LogP contribution in [0.3, 0.4) is 0 Å². The predicted octanol–water partition coefficient (Wildman–Crippen LogP) is 5.10. The third kappa shape index (κ3) is 6.64. The van der Waals surface area contributed by atoms with E-state index in [4.69, 9.17) is 23.2 Å². The molecule has 3 aromatic carbocycles. The van der Waals surface area contributed by atoms with Crippen molar-refractivity contribution >= 4 is 56.6 Å². The molecule has 0 aromatic heterocycles. The number of carbonyl (C=O) groups excluding carboxylic acids is 1. The number of benzene rings is 3. The number of hydrogen-bond donors (Lipinski definition) is 1. The molecular weight excluding hydrogens is 475 g/mol. The van der Waals surface area contributed by atoms with E-state index in [2.05, 4.69) is 5.32 Å². The Morgan fingerprint density at radius 2 is 1.61 bits per heavy atom. The van der Waals surface area contributed by atoms with Crippen LogP contribution in [-0.2, 0) is 14.8 Å². The summed E-state index contributed by atoms with van der Waals surface area (Å²) in [5.41, 5.74) is 0.302. The van der Waals surface area contributed by atoms with Crippen LogP contribution in [0.25, 0.3) is 0 Å². The predicted molar refractivity (Wildman–Crippen MR) is 128 cm³/mol. The lowest BCUT2D eigenvalue weighted by Gasteiger charge is -2.24. The summed E-state index contributed by atoms with van der Waals surface area (Å²) >= 11 is 13.6. The number of nitrogens with zero attached hydrogens (tertiary/aromatic N) is 1. The molecule has 0 aliphatic rings. The lowest BCUT2D eigenvalue weighted by molar-refractivity contribution is -0.119. The largest absolute Gasteiger partial charge is 0.354 e. The number of halogens is 2. The molecule has 3 rings (SSSR count). The zero-order valence-corrected chi connectivity index (χ0v) is 19.5. The first-order chi connectivity index (χ1) is 14.9. The van der Waals surface area contributed by atoms with Crippen molar-refractivity contribution in [3.63, 3.8) is 0 Å². The summed E-state index contributed by atoms with van der Waals surface area (Å²) in [5, 5.41) is 3.57. The van der Waals surface area contributed by atoms with Gasteiger partial charge in [0.15, 0.2) is 0 Å². The van der Waals surface area contributed by atoms with Gasteiger partial charge in [0.2, 0.25) is 5.91 Å². The molecule has 5 nitrogen and oxygen atoms in total. The minimum atomic E-state index is -4.01. The lowest BCUT2D eigenvalue weighted by Crippen LogP contribution is -2.41. The van der Waals surface area contributed by atoms with Crippen LogP contribution in [-0.4, -0.2) is 33.2 Å². The van der Waals surface area contributed by atoms with Crippen molar-refractivity contribution in [3.05, 3.63) is 88.9 Å². The summed E-state index contributed by atoms with van der Waals surface area (Å²) in [4.78, 5) is 13.7. The number of sulfonamides is 1. The number of hydrogen-bond acceptors (Lipinski definition) is 4. The van der Waals surface area contributed by atoms with E-state index in [1.54, 1.807) is 30.0 Å². The van der Waals surface area contributed by atoms with Crippen molar-refractivity contribution < 1.29 is 13.2 Å². The third-order valence-corrected chi connectivity index (χ3v) is 7.51. The molecule has 1 N–H and O–H groups in total. The summed E-state index contributed by atoms with van der Waals surface area (Å²) in [6.07, 6.45) is 0. The van der Waals surface area contributed by atoms with Crippen LogP contribution in [0.4, 0.5) is 5.69 Å². The zero-order chi connectivity index (χ0) is 22.3. The molecular formula is C22H20Cl2N2O3S2. The van der Waals surface area contributed by atoms with Gasteiger partial charge in [-0.1, -0.05) is 47.5 Å². The van der Waals surface area contributed by atoms with E-state index >= 15 is 0 Å². The molecule has 0 radical (unpaired) electrons. The van der Waals surface area contributed by atoms with Gasteiger partial charge < -0.3 is 5.32 Å². The molecule has 0 saturated carbocycles.